The molecule has 2 aromatic rings. The third kappa shape index (κ3) is 2.08. The van der Waals surface area contributed by atoms with Gasteiger partial charge in [0.15, 0.2) is 0 Å². The lowest BCUT2D eigenvalue weighted by atomic mass is 10.2. The summed E-state index contributed by atoms with van der Waals surface area (Å²) in [6.45, 7) is 5.94. The van der Waals surface area contributed by atoms with E-state index in [0.717, 1.165) is 10.9 Å². The molecule has 2 rings (SSSR count). The van der Waals surface area contributed by atoms with Gasteiger partial charge in [0.25, 0.3) is 0 Å². The second-order valence-corrected chi connectivity index (χ2v) is 2.82. The van der Waals surface area contributed by atoms with Gasteiger partial charge in [0, 0.05) is 11.6 Å². The molecule has 0 spiro atoms. The molecule has 0 unspecified atom stereocenters. The molecule has 1 aromatic heterocycles. The van der Waals surface area contributed by atoms with Crippen LogP contribution in [-0.2, 0) is 0 Å². The van der Waals surface area contributed by atoms with E-state index < -0.39 is 0 Å². The summed E-state index contributed by atoms with van der Waals surface area (Å²) < 4.78 is 13.1. The van der Waals surface area contributed by atoms with Crippen molar-refractivity contribution in [2.24, 2.45) is 0 Å². The summed E-state index contributed by atoms with van der Waals surface area (Å²) in [6.07, 6.45) is 1.67. The Morgan fingerprint density at radius 2 is 1.93 bits per heavy atom. The fourth-order valence-electron chi connectivity index (χ4n) is 1.23. The molecule has 0 amide bonds. The Morgan fingerprint density at radius 3 is 2.64 bits per heavy atom. The molecule has 0 fully saturated rings. The van der Waals surface area contributed by atoms with Crippen LogP contribution in [0.5, 0.6) is 0 Å². The van der Waals surface area contributed by atoms with Crippen molar-refractivity contribution in [3.05, 3.63) is 41.8 Å². The summed E-state index contributed by atoms with van der Waals surface area (Å²) >= 11 is 0. The van der Waals surface area contributed by atoms with E-state index in [2.05, 4.69) is 4.98 Å². The Kier molecular flexibility index (Phi) is 3.57. The molecule has 1 aromatic carbocycles. The minimum atomic E-state index is -0.257. The standard InChI is InChI=1S/C10H8FN.C2H6/c1-7-5-8-3-2-4-9(11)10(8)12-6-7;1-2/h2-6H,1H3;1-2H3. The number of aryl methyl sites for hydroxylation is 1. The van der Waals surface area contributed by atoms with Crippen molar-refractivity contribution in [1.82, 2.24) is 4.98 Å². The van der Waals surface area contributed by atoms with Crippen LogP contribution in [-0.4, -0.2) is 4.98 Å². The molecule has 0 bridgehead atoms. The van der Waals surface area contributed by atoms with Crippen LogP contribution < -0.4 is 0 Å². The molecule has 74 valence electrons. The first kappa shape index (κ1) is 10.6. The number of hydrogen-bond acceptors (Lipinski definition) is 1. The van der Waals surface area contributed by atoms with Crippen LogP contribution in [0, 0.1) is 12.7 Å². The van der Waals surface area contributed by atoms with Crippen LogP contribution in [0.1, 0.15) is 19.4 Å². The largest absolute Gasteiger partial charge is 0.253 e. The van der Waals surface area contributed by atoms with Crippen molar-refractivity contribution in [2.75, 3.05) is 0 Å². The second-order valence-electron chi connectivity index (χ2n) is 2.82. The van der Waals surface area contributed by atoms with Crippen LogP contribution in [0.3, 0.4) is 0 Å². The highest BCUT2D eigenvalue weighted by Crippen LogP contribution is 2.15. The smallest absolute Gasteiger partial charge is 0.149 e. The molecule has 0 aliphatic rings. The highest BCUT2D eigenvalue weighted by molar-refractivity contribution is 5.79. The molecule has 14 heavy (non-hydrogen) atoms. The molecule has 0 saturated carbocycles. The topological polar surface area (TPSA) is 12.9 Å². The third-order valence-electron chi connectivity index (χ3n) is 1.80. The van der Waals surface area contributed by atoms with E-state index in [1.165, 1.54) is 6.07 Å². The molecule has 0 saturated heterocycles. The van der Waals surface area contributed by atoms with Gasteiger partial charge in [-0.2, -0.15) is 0 Å². The first-order valence-corrected chi connectivity index (χ1v) is 4.78. The average Bonchev–Trinajstić information content (AvgIpc) is 2.21. The molecule has 0 aliphatic heterocycles. The van der Waals surface area contributed by atoms with E-state index in [9.17, 15) is 4.39 Å². The normalized spacial score (nSPS) is 9.43. The number of hydrogen-bond donors (Lipinski definition) is 0. The number of para-hydroxylation sites is 1. The Morgan fingerprint density at radius 1 is 1.21 bits per heavy atom. The van der Waals surface area contributed by atoms with Crippen molar-refractivity contribution in [3.8, 4) is 0 Å². The number of fused-ring (bicyclic) bond motifs is 1. The molecule has 0 N–H and O–H groups in total. The molecule has 0 atom stereocenters. The van der Waals surface area contributed by atoms with Gasteiger partial charge in [-0.05, 0) is 24.6 Å². The van der Waals surface area contributed by atoms with Crippen LogP contribution in [0.4, 0.5) is 4.39 Å². The van der Waals surface area contributed by atoms with Crippen LogP contribution in [0.15, 0.2) is 30.5 Å². The summed E-state index contributed by atoms with van der Waals surface area (Å²) in [7, 11) is 0. The number of pyridine rings is 1. The zero-order valence-electron chi connectivity index (χ0n) is 8.71. The number of nitrogens with zero attached hydrogens (tertiary/aromatic N) is 1. The first-order chi connectivity index (χ1) is 6.77. The highest BCUT2D eigenvalue weighted by atomic mass is 19.1. The first-order valence-electron chi connectivity index (χ1n) is 4.78. The molecule has 1 heterocycles. The van der Waals surface area contributed by atoms with E-state index in [0.29, 0.717) is 5.52 Å². The summed E-state index contributed by atoms with van der Waals surface area (Å²) in [6, 6.07) is 6.90. The van der Waals surface area contributed by atoms with Crippen LogP contribution in [0.2, 0.25) is 0 Å². The molecule has 1 nitrogen and oxygen atoms in total. The molecular formula is C12H14FN. The Labute approximate surface area is 83.6 Å². The predicted molar refractivity (Wildman–Crippen MR) is 57.8 cm³/mol. The zero-order chi connectivity index (χ0) is 10.6. The number of halogens is 1. The van der Waals surface area contributed by atoms with E-state index in [1.54, 1.807) is 12.3 Å². The summed E-state index contributed by atoms with van der Waals surface area (Å²) in [5.41, 5.74) is 1.50. The van der Waals surface area contributed by atoms with E-state index >= 15 is 0 Å². The lowest BCUT2D eigenvalue weighted by Crippen LogP contribution is -1.84. The Balaban J connectivity index is 0.000000461. The third-order valence-corrected chi connectivity index (χ3v) is 1.80. The van der Waals surface area contributed by atoms with Gasteiger partial charge in [0.1, 0.15) is 11.3 Å². The molecule has 0 aliphatic carbocycles. The molecule has 0 radical (unpaired) electrons. The van der Waals surface area contributed by atoms with Crippen molar-refractivity contribution >= 4 is 10.9 Å². The Bertz CT molecular complexity index is 424. The molecular weight excluding hydrogens is 177 g/mol. The van der Waals surface area contributed by atoms with Crippen LogP contribution >= 0.6 is 0 Å². The lowest BCUT2D eigenvalue weighted by Gasteiger charge is -1.98. The minimum Gasteiger partial charge on any atom is -0.253 e. The summed E-state index contributed by atoms with van der Waals surface area (Å²) in [5, 5.41) is 0.856. The maximum absolute atomic E-state index is 13.1. The van der Waals surface area contributed by atoms with Crippen LogP contribution in [0.25, 0.3) is 10.9 Å². The SMILES string of the molecule is CC.Cc1cnc2c(F)cccc2c1. The van der Waals surface area contributed by atoms with Gasteiger partial charge >= 0.3 is 0 Å². The van der Waals surface area contributed by atoms with Gasteiger partial charge in [-0.25, -0.2) is 4.39 Å². The predicted octanol–water partition coefficient (Wildman–Crippen LogP) is 3.71. The van der Waals surface area contributed by atoms with Gasteiger partial charge in [-0.1, -0.05) is 26.0 Å². The second kappa shape index (κ2) is 4.70. The van der Waals surface area contributed by atoms with E-state index in [-0.39, 0.29) is 5.82 Å². The average molecular weight is 191 g/mol. The molecule has 2 heteroatoms. The van der Waals surface area contributed by atoms with Crippen molar-refractivity contribution in [2.45, 2.75) is 20.8 Å². The van der Waals surface area contributed by atoms with Gasteiger partial charge in [-0.3, -0.25) is 4.98 Å². The number of rotatable bonds is 0. The fourth-order valence-corrected chi connectivity index (χ4v) is 1.23. The van der Waals surface area contributed by atoms with Gasteiger partial charge < -0.3 is 0 Å². The monoisotopic (exact) mass is 191 g/mol. The van der Waals surface area contributed by atoms with Gasteiger partial charge in [-0.15, -0.1) is 0 Å². The van der Waals surface area contributed by atoms with Gasteiger partial charge in [0.05, 0.1) is 0 Å². The van der Waals surface area contributed by atoms with Crippen molar-refractivity contribution < 1.29 is 4.39 Å². The minimum absolute atomic E-state index is 0.257. The zero-order valence-corrected chi connectivity index (χ0v) is 8.71. The highest BCUT2D eigenvalue weighted by Gasteiger charge is 1.99. The number of aromatic nitrogens is 1. The Hall–Kier alpha value is -1.44. The summed E-state index contributed by atoms with van der Waals surface area (Å²) in [5.74, 6) is -0.257. The maximum Gasteiger partial charge on any atom is 0.149 e. The summed E-state index contributed by atoms with van der Waals surface area (Å²) in [4.78, 5) is 4.01. The van der Waals surface area contributed by atoms with Crippen molar-refractivity contribution in [3.63, 3.8) is 0 Å². The lowest BCUT2D eigenvalue weighted by molar-refractivity contribution is 0.637. The van der Waals surface area contributed by atoms with Gasteiger partial charge in [0.2, 0.25) is 0 Å². The van der Waals surface area contributed by atoms with E-state index in [4.69, 9.17) is 0 Å². The van der Waals surface area contributed by atoms with Crippen molar-refractivity contribution in [1.29, 1.82) is 0 Å². The maximum atomic E-state index is 13.1. The fraction of sp³-hybridized carbons (Fsp3) is 0.250. The number of benzene rings is 1. The van der Waals surface area contributed by atoms with E-state index in [1.807, 2.05) is 32.9 Å². The quantitative estimate of drug-likeness (QED) is 0.618.